The molecule has 100 valence electrons. The molecule has 1 aliphatic rings. The van der Waals surface area contributed by atoms with Crippen LogP contribution in [-0.4, -0.2) is 35.6 Å². The molecule has 3 N–H and O–H groups in total. The van der Waals surface area contributed by atoms with Crippen molar-refractivity contribution < 1.29 is 14.6 Å². The van der Waals surface area contributed by atoms with Gasteiger partial charge in [0.1, 0.15) is 5.60 Å². The minimum atomic E-state index is -0.445. The van der Waals surface area contributed by atoms with Crippen molar-refractivity contribution in [1.29, 1.82) is 0 Å². The van der Waals surface area contributed by atoms with E-state index in [1.54, 1.807) is 0 Å². The first kappa shape index (κ1) is 14.3. The molecule has 0 aromatic heterocycles. The number of nitrogens with one attached hydrogen (secondary N) is 2. The maximum absolute atomic E-state index is 11.5. The van der Waals surface area contributed by atoms with Gasteiger partial charge in [-0.05, 0) is 46.5 Å². The van der Waals surface area contributed by atoms with Crippen LogP contribution in [0.25, 0.3) is 0 Å². The Morgan fingerprint density at radius 1 is 1.24 bits per heavy atom. The van der Waals surface area contributed by atoms with E-state index in [1.807, 2.05) is 20.8 Å². The van der Waals surface area contributed by atoms with Crippen molar-refractivity contribution in [2.24, 2.45) is 0 Å². The largest absolute Gasteiger partial charge is 0.444 e. The number of carbonyl (C=O) groups excluding carboxylic acids is 1. The third-order valence-electron chi connectivity index (χ3n) is 2.83. The van der Waals surface area contributed by atoms with E-state index < -0.39 is 5.60 Å². The fraction of sp³-hybridized carbons (Fsp3) is 0.917. The second-order valence-corrected chi connectivity index (χ2v) is 5.56. The quantitative estimate of drug-likeness (QED) is 0.656. The fourth-order valence-electron chi connectivity index (χ4n) is 2.05. The molecule has 1 rings (SSSR count). The summed E-state index contributed by atoms with van der Waals surface area (Å²) >= 11 is 0. The normalized spacial score (nSPS) is 25.4. The van der Waals surface area contributed by atoms with Gasteiger partial charge in [0.05, 0.1) is 6.73 Å². The van der Waals surface area contributed by atoms with Crippen molar-refractivity contribution in [2.75, 3.05) is 6.73 Å². The zero-order valence-electron chi connectivity index (χ0n) is 11.0. The van der Waals surface area contributed by atoms with Crippen molar-refractivity contribution in [2.45, 2.75) is 64.1 Å². The number of alkyl carbamates (subject to hydrolysis) is 1. The highest BCUT2D eigenvalue weighted by Gasteiger charge is 2.24. The molecular weight excluding hydrogens is 220 g/mol. The lowest BCUT2D eigenvalue weighted by molar-refractivity contribution is 0.0488. The van der Waals surface area contributed by atoms with Gasteiger partial charge >= 0.3 is 6.09 Å². The smallest absolute Gasteiger partial charge is 0.407 e. The van der Waals surface area contributed by atoms with E-state index in [0.29, 0.717) is 6.04 Å². The molecule has 0 heterocycles. The van der Waals surface area contributed by atoms with Crippen LogP contribution < -0.4 is 10.6 Å². The van der Waals surface area contributed by atoms with Crippen LogP contribution in [0.3, 0.4) is 0 Å². The number of hydrogen-bond acceptors (Lipinski definition) is 4. The Hall–Kier alpha value is -0.810. The predicted octanol–water partition coefficient (Wildman–Crippen LogP) is 1.36. The summed E-state index contributed by atoms with van der Waals surface area (Å²) in [6.07, 6.45) is 3.46. The van der Waals surface area contributed by atoms with Crippen molar-refractivity contribution in [3.8, 4) is 0 Å². The van der Waals surface area contributed by atoms with Crippen LogP contribution >= 0.6 is 0 Å². The molecule has 1 fully saturated rings. The number of aliphatic hydroxyl groups excluding tert-OH is 1. The van der Waals surface area contributed by atoms with Crippen LogP contribution in [0.1, 0.15) is 46.5 Å². The molecule has 0 saturated heterocycles. The maximum Gasteiger partial charge on any atom is 0.407 e. The van der Waals surface area contributed by atoms with Crippen LogP contribution in [0.2, 0.25) is 0 Å². The SMILES string of the molecule is CC(C)(C)OC(=O)NC1CCC(NCO)CC1. The molecule has 5 heteroatoms. The first-order valence-corrected chi connectivity index (χ1v) is 6.24. The minimum Gasteiger partial charge on any atom is -0.444 e. The third-order valence-corrected chi connectivity index (χ3v) is 2.83. The number of hydrogen-bond donors (Lipinski definition) is 3. The average Bonchev–Trinajstić information content (AvgIpc) is 2.18. The summed E-state index contributed by atoms with van der Waals surface area (Å²) in [4.78, 5) is 11.5. The summed E-state index contributed by atoms with van der Waals surface area (Å²) in [5.74, 6) is 0. The number of rotatable bonds is 3. The Morgan fingerprint density at radius 2 is 1.76 bits per heavy atom. The summed E-state index contributed by atoms with van der Waals surface area (Å²) in [6, 6.07) is 0.568. The number of carbonyl (C=O) groups is 1. The zero-order chi connectivity index (χ0) is 12.9. The number of amides is 1. The van der Waals surface area contributed by atoms with Crippen LogP contribution in [0.15, 0.2) is 0 Å². The zero-order valence-corrected chi connectivity index (χ0v) is 11.0. The highest BCUT2D eigenvalue weighted by atomic mass is 16.6. The standard InChI is InChI=1S/C12H24N2O3/c1-12(2,3)17-11(16)14-10-6-4-9(5-7-10)13-8-15/h9-10,13,15H,4-8H2,1-3H3,(H,14,16). The molecule has 0 atom stereocenters. The molecule has 0 radical (unpaired) electrons. The molecule has 0 aromatic carbocycles. The monoisotopic (exact) mass is 244 g/mol. The molecule has 1 aliphatic carbocycles. The topological polar surface area (TPSA) is 70.6 Å². The Bertz CT molecular complexity index is 243. The van der Waals surface area contributed by atoms with E-state index in [2.05, 4.69) is 10.6 Å². The average molecular weight is 244 g/mol. The van der Waals surface area contributed by atoms with Crippen molar-refractivity contribution in [1.82, 2.24) is 10.6 Å². The lowest BCUT2D eigenvalue weighted by atomic mass is 9.91. The van der Waals surface area contributed by atoms with Crippen LogP contribution in [0.5, 0.6) is 0 Å². The van der Waals surface area contributed by atoms with Crippen LogP contribution in [-0.2, 0) is 4.74 Å². The van der Waals surface area contributed by atoms with E-state index in [0.717, 1.165) is 25.7 Å². The summed E-state index contributed by atoms with van der Waals surface area (Å²) in [5.41, 5.74) is -0.445. The van der Waals surface area contributed by atoms with Crippen LogP contribution in [0, 0.1) is 0 Å². The van der Waals surface area contributed by atoms with Gasteiger partial charge in [0.2, 0.25) is 0 Å². The van der Waals surface area contributed by atoms with E-state index >= 15 is 0 Å². The highest BCUT2D eigenvalue weighted by Crippen LogP contribution is 2.19. The molecule has 0 unspecified atom stereocenters. The van der Waals surface area contributed by atoms with Gasteiger partial charge in [0.25, 0.3) is 0 Å². The Morgan fingerprint density at radius 3 is 2.24 bits per heavy atom. The Labute approximate surface area is 103 Å². The second kappa shape index (κ2) is 6.21. The van der Waals surface area contributed by atoms with Gasteiger partial charge in [-0.25, -0.2) is 4.79 Å². The lowest BCUT2D eigenvalue weighted by Crippen LogP contribution is -2.44. The first-order valence-electron chi connectivity index (χ1n) is 6.24. The number of ether oxygens (including phenoxy) is 1. The summed E-state index contributed by atoms with van der Waals surface area (Å²) in [6.45, 7) is 5.59. The van der Waals surface area contributed by atoms with Crippen molar-refractivity contribution in [3.05, 3.63) is 0 Å². The molecular formula is C12H24N2O3. The third kappa shape index (κ3) is 5.89. The van der Waals surface area contributed by atoms with Gasteiger partial charge in [-0.3, -0.25) is 5.32 Å². The summed E-state index contributed by atoms with van der Waals surface area (Å²) in [7, 11) is 0. The van der Waals surface area contributed by atoms with Crippen molar-refractivity contribution >= 4 is 6.09 Å². The Balaban J connectivity index is 2.24. The van der Waals surface area contributed by atoms with E-state index in [9.17, 15) is 4.79 Å². The number of aliphatic hydroxyl groups is 1. The van der Waals surface area contributed by atoms with Crippen LogP contribution in [0.4, 0.5) is 4.79 Å². The van der Waals surface area contributed by atoms with E-state index in [4.69, 9.17) is 9.84 Å². The first-order chi connectivity index (χ1) is 7.90. The van der Waals surface area contributed by atoms with Gasteiger partial charge in [-0.2, -0.15) is 0 Å². The molecule has 5 nitrogen and oxygen atoms in total. The molecule has 1 amide bonds. The van der Waals surface area contributed by atoms with E-state index in [-0.39, 0.29) is 18.9 Å². The second-order valence-electron chi connectivity index (χ2n) is 5.56. The summed E-state index contributed by atoms with van der Waals surface area (Å²) in [5, 5.41) is 14.7. The van der Waals surface area contributed by atoms with E-state index in [1.165, 1.54) is 0 Å². The van der Waals surface area contributed by atoms with Gasteiger partial charge < -0.3 is 15.2 Å². The lowest BCUT2D eigenvalue weighted by Gasteiger charge is -2.30. The van der Waals surface area contributed by atoms with Gasteiger partial charge in [-0.15, -0.1) is 0 Å². The molecule has 0 aliphatic heterocycles. The maximum atomic E-state index is 11.5. The fourth-order valence-corrected chi connectivity index (χ4v) is 2.05. The molecule has 0 aromatic rings. The Kier molecular flexibility index (Phi) is 5.21. The summed E-state index contributed by atoms with van der Waals surface area (Å²) < 4.78 is 5.21. The minimum absolute atomic E-state index is 0.0226. The molecule has 1 saturated carbocycles. The van der Waals surface area contributed by atoms with Crippen molar-refractivity contribution in [3.63, 3.8) is 0 Å². The highest BCUT2D eigenvalue weighted by molar-refractivity contribution is 5.68. The van der Waals surface area contributed by atoms with Gasteiger partial charge in [0.15, 0.2) is 0 Å². The molecule has 0 spiro atoms. The molecule has 0 bridgehead atoms. The van der Waals surface area contributed by atoms with Gasteiger partial charge in [-0.1, -0.05) is 0 Å². The van der Waals surface area contributed by atoms with Gasteiger partial charge in [0, 0.05) is 12.1 Å². The molecule has 17 heavy (non-hydrogen) atoms. The predicted molar refractivity (Wildman–Crippen MR) is 65.6 cm³/mol.